The van der Waals surface area contributed by atoms with Gasteiger partial charge in [0.1, 0.15) is 5.82 Å². The first kappa shape index (κ1) is 23.2. The van der Waals surface area contributed by atoms with Gasteiger partial charge in [-0.2, -0.15) is 0 Å². The molecule has 0 bridgehead atoms. The van der Waals surface area contributed by atoms with Crippen molar-refractivity contribution in [1.82, 2.24) is 4.57 Å². The number of halogens is 2. The lowest BCUT2D eigenvalue weighted by molar-refractivity contribution is -0.384. The molecule has 3 aromatic carbocycles. The standard InChI is InChI=1S/C25H15ClFN3O3S2/c26-20-8-4-9-21(27)19(20)14-28-13-15(18-7-1-2-10-22(18)28)11-23-24(31)29(25(34)35-23)16-5-3-6-17(12-16)30(32)33/h1-13H,14H2/b23-11-. The molecule has 0 atom stereocenters. The molecule has 0 N–H and O–H groups in total. The van der Waals surface area contributed by atoms with E-state index in [0.29, 0.717) is 21.2 Å². The van der Waals surface area contributed by atoms with Gasteiger partial charge in [0, 0.05) is 45.4 Å². The zero-order chi connectivity index (χ0) is 24.7. The van der Waals surface area contributed by atoms with Crippen molar-refractivity contribution in [3.63, 3.8) is 0 Å². The summed E-state index contributed by atoms with van der Waals surface area (Å²) in [6.07, 6.45) is 3.58. The first-order valence-corrected chi connectivity index (χ1v) is 12.0. The van der Waals surface area contributed by atoms with Crippen LogP contribution in [0.25, 0.3) is 17.0 Å². The number of hydrogen-bond acceptors (Lipinski definition) is 5. The van der Waals surface area contributed by atoms with Gasteiger partial charge in [0.05, 0.1) is 22.1 Å². The summed E-state index contributed by atoms with van der Waals surface area (Å²) in [5, 5.41) is 12.4. The van der Waals surface area contributed by atoms with Gasteiger partial charge in [-0.1, -0.05) is 65.9 Å². The number of nitro groups is 1. The molecular weight excluding hydrogens is 509 g/mol. The summed E-state index contributed by atoms with van der Waals surface area (Å²) in [5.74, 6) is -0.760. The molecule has 0 spiro atoms. The molecule has 0 unspecified atom stereocenters. The summed E-state index contributed by atoms with van der Waals surface area (Å²) in [6.45, 7) is 0.217. The highest BCUT2D eigenvalue weighted by Crippen LogP contribution is 2.38. The Morgan fingerprint density at radius 3 is 2.66 bits per heavy atom. The molecule has 1 amide bonds. The second kappa shape index (κ2) is 9.26. The number of non-ortho nitro benzene ring substituents is 1. The van der Waals surface area contributed by atoms with E-state index < -0.39 is 10.7 Å². The van der Waals surface area contributed by atoms with Gasteiger partial charge in [-0.05, 0) is 30.3 Å². The molecule has 2 heterocycles. The van der Waals surface area contributed by atoms with Crippen LogP contribution in [0.3, 0.4) is 0 Å². The third-order valence-corrected chi connectivity index (χ3v) is 7.24. The van der Waals surface area contributed by atoms with Crippen LogP contribution in [-0.2, 0) is 11.3 Å². The third kappa shape index (κ3) is 4.34. The fourth-order valence-corrected chi connectivity index (χ4v) is 5.46. The van der Waals surface area contributed by atoms with Crippen LogP contribution >= 0.6 is 35.6 Å². The number of thiocarbonyl (C=S) groups is 1. The topological polar surface area (TPSA) is 68.4 Å². The van der Waals surface area contributed by atoms with Crippen molar-refractivity contribution < 1.29 is 14.1 Å². The van der Waals surface area contributed by atoms with Gasteiger partial charge in [-0.3, -0.25) is 19.8 Å². The molecule has 0 aliphatic carbocycles. The minimum atomic E-state index is -0.520. The predicted octanol–water partition coefficient (Wildman–Crippen LogP) is 6.80. The van der Waals surface area contributed by atoms with Crippen molar-refractivity contribution >= 4 is 74.2 Å². The van der Waals surface area contributed by atoms with Gasteiger partial charge in [0.15, 0.2) is 4.32 Å². The number of nitrogens with zero attached hydrogens (tertiary/aromatic N) is 3. The number of amides is 1. The fraction of sp³-hybridized carbons (Fsp3) is 0.0400. The maximum Gasteiger partial charge on any atom is 0.271 e. The molecule has 5 rings (SSSR count). The van der Waals surface area contributed by atoms with E-state index in [0.717, 1.165) is 28.2 Å². The van der Waals surface area contributed by atoms with Crippen LogP contribution in [0.1, 0.15) is 11.1 Å². The minimum Gasteiger partial charge on any atom is -0.342 e. The number of carbonyl (C=O) groups is 1. The molecule has 1 aliphatic rings. The number of para-hydroxylation sites is 1. The highest BCUT2D eigenvalue weighted by atomic mass is 35.5. The smallest absolute Gasteiger partial charge is 0.271 e. The summed E-state index contributed by atoms with van der Waals surface area (Å²) in [6, 6.07) is 18.0. The Morgan fingerprint density at radius 2 is 1.89 bits per heavy atom. The van der Waals surface area contributed by atoms with E-state index in [1.54, 1.807) is 24.3 Å². The molecule has 174 valence electrons. The van der Waals surface area contributed by atoms with Crippen LogP contribution in [-0.4, -0.2) is 19.7 Å². The monoisotopic (exact) mass is 523 g/mol. The molecule has 35 heavy (non-hydrogen) atoms. The number of carbonyl (C=O) groups excluding carboxylic acids is 1. The minimum absolute atomic E-state index is 0.129. The van der Waals surface area contributed by atoms with Crippen LogP contribution in [0.15, 0.2) is 77.8 Å². The number of thioether (sulfide) groups is 1. The molecule has 1 aromatic heterocycles. The van der Waals surface area contributed by atoms with Gasteiger partial charge < -0.3 is 4.57 Å². The number of aromatic nitrogens is 1. The van der Waals surface area contributed by atoms with E-state index in [4.69, 9.17) is 23.8 Å². The Morgan fingerprint density at radius 1 is 1.11 bits per heavy atom. The van der Waals surface area contributed by atoms with Crippen LogP contribution in [0.4, 0.5) is 15.8 Å². The van der Waals surface area contributed by atoms with Crippen molar-refractivity contribution in [2.75, 3.05) is 4.90 Å². The van der Waals surface area contributed by atoms with Crippen LogP contribution in [0.5, 0.6) is 0 Å². The number of hydrogen-bond donors (Lipinski definition) is 0. The Bertz CT molecular complexity index is 1550. The summed E-state index contributed by atoms with van der Waals surface area (Å²) < 4.78 is 16.6. The van der Waals surface area contributed by atoms with Gasteiger partial charge in [-0.15, -0.1) is 0 Å². The molecule has 1 saturated heterocycles. The summed E-state index contributed by atoms with van der Waals surface area (Å²) >= 11 is 12.8. The lowest BCUT2D eigenvalue weighted by atomic mass is 10.1. The Kier molecular flexibility index (Phi) is 6.14. The van der Waals surface area contributed by atoms with E-state index in [1.807, 2.05) is 35.0 Å². The van der Waals surface area contributed by atoms with Gasteiger partial charge in [0.2, 0.25) is 0 Å². The maximum atomic E-state index is 14.4. The molecule has 0 radical (unpaired) electrons. The van der Waals surface area contributed by atoms with Gasteiger partial charge in [0.25, 0.3) is 11.6 Å². The Balaban J connectivity index is 1.53. The summed E-state index contributed by atoms with van der Waals surface area (Å²) in [4.78, 5) is 25.5. The average molecular weight is 524 g/mol. The van der Waals surface area contributed by atoms with Crippen molar-refractivity contribution in [3.05, 3.63) is 110 Å². The number of benzene rings is 3. The van der Waals surface area contributed by atoms with E-state index in [9.17, 15) is 19.3 Å². The number of fused-ring (bicyclic) bond motifs is 1. The van der Waals surface area contributed by atoms with Gasteiger partial charge >= 0.3 is 0 Å². The second-order valence-corrected chi connectivity index (χ2v) is 9.81. The predicted molar refractivity (Wildman–Crippen MR) is 141 cm³/mol. The van der Waals surface area contributed by atoms with Crippen LogP contribution in [0.2, 0.25) is 5.02 Å². The molecule has 10 heteroatoms. The van der Waals surface area contributed by atoms with E-state index >= 15 is 0 Å². The van der Waals surface area contributed by atoms with Crippen molar-refractivity contribution in [1.29, 1.82) is 0 Å². The molecule has 6 nitrogen and oxygen atoms in total. The fourth-order valence-electron chi connectivity index (χ4n) is 3.95. The summed E-state index contributed by atoms with van der Waals surface area (Å²) in [5.41, 5.74) is 2.19. The second-order valence-electron chi connectivity index (χ2n) is 7.72. The van der Waals surface area contributed by atoms with Crippen LogP contribution in [0, 0.1) is 15.9 Å². The normalized spacial score (nSPS) is 14.9. The SMILES string of the molecule is O=C1/C(=C/c2cn(Cc3c(F)cccc3Cl)c3ccccc23)SC(=S)N1c1cccc([N+](=O)[O-])c1. The van der Waals surface area contributed by atoms with E-state index in [1.165, 1.54) is 29.2 Å². The molecule has 0 saturated carbocycles. The highest BCUT2D eigenvalue weighted by Gasteiger charge is 2.34. The zero-order valence-corrected chi connectivity index (χ0v) is 20.2. The lowest BCUT2D eigenvalue weighted by Crippen LogP contribution is -2.27. The first-order valence-electron chi connectivity index (χ1n) is 10.4. The third-order valence-electron chi connectivity index (χ3n) is 5.59. The highest BCUT2D eigenvalue weighted by molar-refractivity contribution is 8.27. The van der Waals surface area contributed by atoms with E-state index in [2.05, 4.69) is 0 Å². The van der Waals surface area contributed by atoms with Crippen LogP contribution < -0.4 is 4.90 Å². The number of rotatable bonds is 5. The zero-order valence-electron chi connectivity index (χ0n) is 17.9. The Hall–Kier alpha value is -3.53. The molecule has 1 aliphatic heterocycles. The largest absolute Gasteiger partial charge is 0.342 e. The molecule has 1 fully saturated rings. The van der Waals surface area contributed by atoms with Crippen molar-refractivity contribution in [3.8, 4) is 0 Å². The number of nitro benzene ring substituents is 1. The quantitative estimate of drug-likeness (QED) is 0.125. The maximum absolute atomic E-state index is 14.4. The average Bonchev–Trinajstić information content (AvgIpc) is 3.32. The van der Waals surface area contributed by atoms with E-state index in [-0.39, 0.29) is 22.5 Å². The lowest BCUT2D eigenvalue weighted by Gasteiger charge is -2.13. The molecular formula is C25H15ClFN3O3S2. The first-order chi connectivity index (χ1) is 16.8. The van der Waals surface area contributed by atoms with Gasteiger partial charge in [-0.25, -0.2) is 4.39 Å². The van der Waals surface area contributed by atoms with Crippen molar-refractivity contribution in [2.24, 2.45) is 0 Å². The Labute approximate surface area is 213 Å². The molecule has 4 aromatic rings. The summed E-state index contributed by atoms with van der Waals surface area (Å²) in [7, 11) is 0. The van der Waals surface area contributed by atoms with Crippen molar-refractivity contribution in [2.45, 2.75) is 6.54 Å². The number of anilines is 1.